The fourth-order valence-corrected chi connectivity index (χ4v) is 0.385. The molecule has 0 fully saturated rings. The Hall–Kier alpha value is -0.210. The number of rotatable bonds is 3. The van der Waals surface area contributed by atoms with Gasteiger partial charge in [-0.25, -0.2) is 0 Å². The highest BCUT2D eigenvalue weighted by molar-refractivity contribution is 7.57. The van der Waals surface area contributed by atoms with E-state index in [4.69, 9.17) is 0 Å². The lowest BCUT2D eigenvalue weighted by Gasteiger charge is -1.98. The topological polar surface area (TPSA) is 78.9 Å². The van der Waals surface area contributed by atoms with E-state index in [1.165, 1.54) is 21.3 Å². The highest BCUT2D eigenvalue weighted by atomic mass is 31.2. The predicted molar refractivity (Wildman–Crippen MR) is 106 cm³/mol. The quantitative estimate of drug-likeness (QED) is 0.647. The minimum atomic E-state index is -2.15. The summed E-state index contributed by atoms with van der Waals surface area (Å²) in [5.74, 6) is 0. The van der Waals surface area contributed by atoms with Gasteiger partial charge >= 0.3 is 0 Å². The summed E-state index contributed by atoms with van der Waals surface area (Å²) in [5.41, 5.74) is 0. The van der Waals surface area contributed by atoms with Gasteiger partial charge in [-0.3, -0.25) is 13.7 Å². The van der Waals surface area contributed by atoms with Gasteiger partial charge in [-0.15, -0.1) is 0 Å². The lowest BCUT2D eigenvalue weighted by atomic mass is 10.4. The van der Waals surface area contributed by atoms with Gasteiger partial charge in [0.2, 0.25) is 0 Å². The molecule has 0 heterocycles. The Morgan fingerprint density at radius 3 is 0.583 bits per heavy atom. The van der Waals surface area contributed by atoms with Crippen molar-refractivity contribution in [3.05, 3.63) is 36.4 Å². The molecule has 0 aliphatic heterocycles. The molecular weight excluding hydrogens is 369 g/mol. The Kier molecular flexibility index (Phi) is 18.0. The third-order valence-corrected chi connectivity index (χ3v) is 4.62. The van der Waals surface area contributed by atoms with Gasteiger partial charge in [-0.1, -0.05) is 36.4 Å². The molecule has 0 spiro atoms. The van der Waals surface area contributed by atoms with Crippen molar-refractivity contribution in [3.63, 3.8) is 0 Å². The Morgan fingerprint density at radius 1 is 0.458 bits per heavy atom. The number of hydrogen-bond acceptors (Lipinski definition) is 6. The predicted octanol–water partition coefficient (Wildman–Crippen LogP) is 5.20. The van der Waals surface area contributed by atoms with Gasteiger partial charge in [-0.05, 0) is 0 Å². The highest BCUT2D eigenvalue weighted by Gasteiger charge is 2.00. The molecule has 0 atom stereocenters. The van der Waals surface area contributed by atoms with Crippen LogP contribution in [-0.4, -0.2) is 61.3 Å². The van der Waals surface area contributed by atoms with E-state index in [-0.39, 0.29) is 0 Å². The molecule has 1 rings (SSSR count). The second-order valence-electron chi connectivity index (χ2n) is 5.46. The van der Waals surface area contributed by atoms with Crippen LogP contribution in [0.25, 0.3) is 0 Å². The lowest BCUT2D eigenvalue weighted by molar-refractivity contribution is 0.403. The van der Waals surface area contributed by atoms with Gasteiger partial charge in [0.05, 0.1) is 0 Å². The summed E-state index contributed by atoms with van der Waals surface area (Å²) < 4.78 is 44.6. The molecule has 0 N–H and O–H groups in total. The summed E-state index contributed by atoms with van der Waals surface area (Å²) in [7, 11) is -2.10. The first-order valence-corrected chi connectivity index (χ1v) is 14.6. The molecule has 24 heavy (non-hydrogen) atoms. The van der Waals surface area contributed by atoms with Crippen molar-refractivity contribution in [2.45, 2.75) is 0 Å². The third kappa shape index (κ3) is 43.1. The minimum Gasteiger partial charge on any atom is -0.332 e. The number of hydrogen-bond donors (Lipinski definition) is 0. The number of benzene rings is 1. The van der Waals surface area contributed by atoms with Gasteiger partial charge < -0.3 is 13.6 Å². The van der Waals surface area contributed by atoms with Crippen LogP contribution in [0.15, 0.2) is 36.4 Å². The molecule has 0 amide bonds. The van der Waals surface area contributed by atoms with Gasteiger partial charge in [0.15, 0.2) is 22.1 Å². The zero-order chi connectivity index (χ0) is 19.9. The maximum Gasteiger partial charge on any atom is 0.196 e. The molecule has 0 aromatic heterocycles. The van der Waals surface area contributed by atoms with Crippen molar-refractivity contribution in [3.8, 4) is 0 Å². The van der Waals surface area contributed by atoms with Gasteiger partial charge in [-0.2, -0.15) is 0 Å². The van der Waals surface area contributed by atoms with Crippen molar-refractivity contribution in [2.24, 2.45) is 0 Å². The van der Waals surface area contributed by atoms with Crippen LogP contribution in [0.5, 0.6) is 0 Å². The van der Waals surface area contributed by atoms with Crippen LogP contribution in [0, 0.1) is 0 Å². The molecule has 0 aliphatic carbocycles. The molecule has 1 aromatic rings. The first-order valence-electron chi connectivity index (χ1n) is 7.00. The highest BCUT2D eigenvalue weighted by Crippen LogP contribution is 2.36. The van der Waals surface area contributed by atoms with E-state index < -0.39 is 22.1 Å². The molecule has 0 bridgehead atoms. The third-order valence-electron chi connectivity index (χ3n) is 1.99. The molecule has 0 aliphatic rings. The van der Waals surface area contributed by atoms with Crippen LogP contribution >= 0.6 is 22.1 Å². The summed E-state index contributed by atoms with van der Waals surface area (Å²) in [5, 5.41) is 0. The minimum absolute atomic E-state index is 1.45. The van der Waals surface area contributed by atoms with E-state index in [2.05, 4.69) is 13.6 Å². The zero-order valence-corrected chi connectivity index (χ0v) is 18.9. The van der Waals surface area contributed by atoms with Crippen LogP contribution in [0.4, 0.5) is 0 Å². The van der Waals surface area contributed by atoms with Crippen molar-refractivity contribution >= 4 is 22.1 Å². The molecule has 1 aromatic carbocycles. The average Bonchev–Trinajstić information content (AvgIpc) is 2.49. The van der Waals surface area contributed by atoms with Gasteiger partial charge in [0, 0.05) is 61.3 Å². The SMILES string of the molecule is COP(C)(C)=O.COP(C)(C)=O.COP(C)(C)=O.c1ccccc1. The second-order valence-corrected chi connectivity index (χ2v) is 14.1. The van der Waals surface area contributed by atoms with E-state index in [1.807, 2.05) is 36.4 Å². The summed E-state index contributed by atoms with van der Waals surface area (Å²) in [6, 6.07) is 12.0. The van der Waals surface area contributed by atoms with Crippen molar-refractivity contribution < 1.29 is 27.3 Å². The maximum absolute atomic E-state index is 10.4. The summed E-state index contributed by atoms with van der Waals surface area (Å²) in [4.78, 5) is 0. The molecule has 9 heteroatoms. The first-order chi connectivity index (χ1) is 10.7. The van der Waals surface area contributed by atoms with Crippen molar-refractivity contribution in [1.82, 2.24) is 0 Å². The van der Waals surface area contributed by atoms with E-state index in [1.54, 1.807) is 40.0 Å². The molecule has 144 valence electrons. The normalized spacial score (nSPS) is 10.9. The Morgan fingerprint density at radius 2 is 0.542 bits per heavy atom. The smallest absolute Gasteiger partial charge is 0.196 e. The van der Waals surface area contributed by atoms with E-state index >= 15 is 0 Å². The van der Waals surface area contributed by atoms with E-state index in [0.717, 1.165) is 0 Å². The monoisotopic (exact) mass is 402 g/mol. The van der Waals surface area contributed by atoms with Crippen molar-refractivity contribution in [1.29, 1.82) is 0 Å². The Labute approximate surface area is 147 Å². The molecule has 0 unspecified atom stereocenters. The Bertz CT molecular complexity index is 436. The van der Waals surface area contributed by atoms with Crippen LogP contribution in [0.1, 0.15) is 0 Å². The second kappa shape index (κ2) is 15.1. The summed E-state index contributed by atoms with van der Waals surface area (Å²) in [6.45, 7) is 9.46. The molecule has 0 saturated carbocycles. The van der Waals surface area contributed by atoms with Gasteiger partial charge in [0.1, 0.15) is 0 Å². The van der Waals surface area contributed by atoms with Crippen molar-refractivity contribution in [2.75, 3.05) is 61.3 Å². The van der Waals surface area contributed by atoms with Crippen LogP contribution < -0.4 is 0 Å². The molecular formula is C15H33O6P3. The van der Waals surface area contributed by atoms with E-state index in [9.17, 15) is 13.7 Å². The standard InChI is InChI=1S/C6H6.3C3H9O2P/c1-2-4-6-5-3-1;3*1-5-6(2,3)4/h1-6H;3*1-3H3. The molecule has 0 saturated heterocycles. The van der Waals surface area contributed by atoms with Gasteiger partial charge in [0.25, 0.3) is 0 Å². The van der Waals surface area contributed by atoms with Crippen LogP contribution in [0.2, 0.25) is 0 Å². The molecule has 0 radical (unpaired) electrons. The first kappa shape index (κ1) is 28.6. The van der Waals surface area contributed by atoms with Crippen LogP contribution in [-0.2, 0) is 27.3 Å². The fourth-order valence-electron chi connectivity index (χ4n) is 0.385. The Balaban J connectivity index is -0.000000245. The van der Waals surface area contributed by atoms with E-state index in [0.29, 0.717) is 0 Å². The lowest BCUT2D eigenvalue weighted by Crippen LogP contribution is -1.74. The maximum atomic E-state index is 10.4. The summed E-state index contributed by atoms with van der Waals surface area (Å²) in [6.07, 6.45) is 0. The molecule has 6 nitrogen and oxygen atoms in total. The summed E-state index contributed by atoms with van der Waals surface area (Å²) >= 11 is 0. The fraction of sp³-hybridized carbons (Fsp3) is 0.600. The zero-order valence-electron chi connectivity index (χ0n) is 16.3. The largest absolute Gasteiger partial charge is 0.332 e. The van der Waals surface area contributed by atoms with Crippen LogP contribution in [0.3, 0.4) is 0 Å². The average molecular weight is 402 g/mol.